The van der Waals surface area contributed by atoms with Gasteiger partial charge in [0.2, 0.25) is 0 Å². The van der Waals surface area contributed by atoms with E-state index in [0.717, 1.165) is 25.8 Å². The molecule has 0 aromatic rings. The van der Waals surface area contributed by atoms with Crippen LogP contribution in [0.4, 0.5) is 4.79 Å². The van der Waals surface area contributed by atoms with E-state index in [1.54, 1.807) is 0 Å². The van der Waals surface area contributed by atoms with Crippen LogP contribution in [0.5, 0.6) is 0 Å². The van der Waals surface area contributed by atoms with E-state index in [1.807, 2.05) is 41.5 Å². The summed E-state index contributed by atoms with van der Waals surface area (Å²) in [5.41, 5.74) is -0.779. The van der Waals surface area contributed by atoms with Crippen molar-refractivity contribution in [1.82, 2.24) is 16.0 Å². The van der Waals surface area contributed by atoms with Crippen molar-refractivity contribution in [2.45, 2.75) is 79.4 Å². The molecule has 0 radical (unpaired) electrons. The number of aliphatic imine (C=N–C) groups is 1. The third-order valence-corrected chi connectivity index (χ3v) is 3.58. The van der Waals surface area contributed by atoms with Gasteiger partial charge >= 0.3 is 6.09 Å². The second-order valence-corrected chi connectivity index (χ2v) is 8.38. The summed E-state index contributed by atoms with van der Waals surface area (Å²) in [6, 6.07) is 0.0532. The molecule has 0 spiro atoms. The number of hydrogen-bond acceptors (Lipinski definition) is 4. The molecule has 0 aliphatic heterocycles. The number of unbranched alkanes of at least 4 members (excludes halogenated alkanes) is 1. The van der Waals surface area contributed by atoms with Gasteiger partial charge in [0.15, 0.2) is 5.96 Å². The number of rotatable bonds is 10. The van der Waals surface area contributed by atoms with Gasteiger partial charge in [-0.2, -0.15) is 0 Å². The number of amides is 1. The zero-order chi connectivity index (χ0) is 20.2. The quantitative estimate of drug-likeness (QED) is 0.210. The molecule has 0 bridgehead atoms. The van der Waals surface area contributed by atoms with Crippen LogP contribution in [0.15, 0.2) is 4.99 Å². The Bertz CT molecular complexity index is 437. The number of carbonyl (C=O) groups is 1. The van der Waals surface area contributed by atoms with E-state index in [2.05, 4.69) is 27.9 Å². The largest absolute Gasteiger partial charge is 0.444 e. The van der Waals surface area contributed by atoms with Gasteiger partial charge in [-0.05, 0) is 34.1 Å². The van der Waals surface area contributed by atoms with Crippen LogP contribution in [-0.2, 0) is 4.74 Å². The van der Waals surface area contributed by atoms with Crippen molar-refractivity contribution >= 4 is 36.0 Å². The second-order valence-electron chi connectivity index (χ2n) is 8.38. The minimum atomic E-state index is -0.511. The zero-order valence-electron chi connectivity index (χ0n) is 18.1. The molecule has 0 aliphatic rings. The maximum absolute atomic E-state index is 11.9. The Morgan fingerprint density at radius 1 is 1.15 bits per heavy atom. The Balaban J connectivity index is 0. The van der Waals surface area contributed by atoms with Crippen LogP contribution in [-0.4, -0.2) is 55.0 Å². The maximum atomic E-state index is 11.9. The molecule has 162 valence electrons. The maximum Gasteiger partial charge on any atom is 0.407 e. The van der Waals surface area contributed by atoms with Gasteiger partial charge in [0.05, 0.1) is 6.54 Å². The third-order valence-electron chi connectivity index (χ3n) is 3.58. The van der Waals surface area contributed by atoms with E-state index < -0.39 is 11.7 Å². The van der Waals surface area contributed by atoms with Crippen LogP contribution in [0.2, 0.25) is 0 Å². The van der Waals surface area contributed by atoms with Gasteiger partial charge in [0.25, 0.3) is 0 Å². The van der Waals surface area contributed by atoms with Crippen molar-refractivity contribution < 1.29 is 14.6 Å². The van der Waals surface area contributed by atoms with Crippen LogP contribution >= 0.6 is 24.0 Å². The molecule has 0 aliphatic carbocycles. The summed E-state index contributed by atoms with van der Waals surface area (Å²) >= 11 is 0. The molecule has 0 aromatic carbocycles. The van der Waals surface area contributed by atoms with E-state index in [4.69, 9.17) is 4.74 Å². The number of nitrogens with one attached hydrogen (secondary N) is 3. The van der Waals surface area contributed by atoms with Crippen molar-refractivity contribution in [1.29, 1.82) is 0 Å². The average Bonchev–Trinajstić information content (AvgIpc) is 2.53. The van der Waals surface area contributed by atoms with Crippen LogP contribution in [0, 0.1) is 5.41 Å². The number of halogens is 1. The number of hydrogen-bond donors (Lipinski definition) is 4. The molecule has 1 atom stereocenters. The molecule has 0 saturated heterocycles. The first kappa shape index (κ1) is 28.4. The van der Waals surface area contributed by atoms with Crippen LogP contribution < -0.4 is 16.0 Å². The van der Waals surface area contributed by atoms with E-state index in [0.29, 0.717) is 19.0 Å². The van der Waals surface area contributed by atoms with E-state index in [9.17, 15) is 9.90 Å². The number of aliphatic hydroxyl groups is 1. The van der Waals surface area contributed by atoms with Crippen molar-refractivity contribution in [3.05, 3.63) is 0 Å². The topological polar surface area (TPSA) is 95.0 Å². The molecular formula is C19H41IN4O3. The number of aliphatic hydroxyl groups excluding tert-OH is 1. The number of nitrogens with zero attached hydrogens (tertiary/aromatic N) is 1. The molecule has 1 amide bonds. The van der Waals surface area contributed by atoms with Crippen molar-refractivity contribution in [2.24, 2.45) is 10.4 Å². The summed E-state index contributed by atoms with van der Waals surface area (Å²) in [5.74, 6) is 0.695. The molecule has 27 heavy (non-hydrogen) atoms. The highest BCUT2D eigenvalue weighted by atomic mass is 127. The number of alkyl carbamates (subject to hydrolysis) is 1. The first-order valence-electron chi connectivity index (χ1n) is 9.65. The van der Waals surface area contributed by atoms with Gasteiger partial charge in [-0.25, -0.2) is 4.79 Å². The lowest BCUT2D eigenvalue weighted by molar-refractivity contribution is 0.0522. The van der Waals surface area contributed by atoms with Gasteiger partial charge in [0.1, 0.15) is 5.60 Å². The van der Waals surface area contributed by atoms with Gasteiger partial charge in [-0.15, -0.1) is 24.0 Å². The van der Waals surface area contributed by atoms with E-state index >= 15 is 0 Å². The molecule has 0 aromatic heterocycles. The molecule has 0 rings (SSSR count). The fourth-order valence-corrected chi connectivity index (χ4v) is 2.05. The number of guanidine groups is 1. The Hall–Kier alpha value is -0.770. The Morgan fingerprint density at radius 2 is 1.78 bits per heavy atom. The standard InChI is InChI=1S/C19H40N4O3.HI/c1-8-10-11-15(12-21-17(25)26-18(3,4)5)23-16(20-9-2)22-13-19(6,7)14-24;/h15,24H,8-14H2,1-7H3,(H,21,25)(H2,20,22,23);1H. The molecule has 4 N–H and O–H groups in total. The van der Waals surface area contributed by atoms with E-state index in [1.165, 1.54) is 0 Å². The minimum absolute atomic E-state index is 0. The Labute approximate surface area is 182 Å². The SMILES string of the molecule is CCCCC(CNC(=O)OC(C)(C)C)NC(=NCC(C)(C)CO)NCC.I. The van der Waals surface area contributed by atoms with Crippen molar-refractivity contribution in [2.75, 3.05) is 26.2 Å². The van der Waals surface area contributed by atoms with Crippen LogP contribution in [0.25, 0.3) is 0 Å². The van der Waals surface area contributed by atoms with Gasteiger partial charge < -0.3 is 25.8 Å². The lowest BCUT2D eigenvalue weighted by Gasteiger charge is -2.25. The summed E-state index contributed by atoms with van der Waals surface area (Å²) < 4.78 is 5.30. The Kier molecular flexibility index (Phi) is 15.0. The zero-order valence-corrected chi connectivity index (χ0v) is 20.5. The first-order chi connectivity index (χ1) is 12.0. The monoisotopic (exact) mass is 500 g/mol. The van der Waals surface area contributed by atoms with Gasteiger partial charge in [-0.1, -0.05) is 33.6 Å². The van der Waals surface area contributed by atoms with Crippen molar-refractivity contribution in [3.63, 3.8) is 0 Å². The molecule has 0 heterocycles. The summed E-state index contributed by atoms with van der Waals surface area (Å²) in [4.78, 5) is 16.5. The highest BCUT2D eigenvalue weighted by Gasteiger charge is 2.19. The minimum Gasteiger partial charge on any atom is -0.444 e. The molecule has 0 fully saturated rings. The smallest absolute Gasteiger partial charge is 0.407 e. The summed E-state index contributed by atoms with van der Waals surface area (Å²) in [6.07, 6.45) is 2.63. The first-order valence-corrected chi connectivity index (χ1v) is 9.65. The molecular weight excluding hydrogens is 459 g/mol. The predicted octanol–water partition coefficient (Wildman–Crippen LogP) is 3.26. The van der Waals surface area contributed by atoms with Gasteiger partial charge in [0, 0.05) is 31.2 Å². The number of carbonyl (C=O) groups excluding carboxylic acids is 1. The van der Waals surface area contributed by atoms with Crippen LogP contribution in [0.1, 0.15) is 67.7 Å². The summed E-state index contributed by atoms with van der Waals surface area (Å²) in [5, 5.41) is 18.9. The summed E-state index contributed by atoms with van der Waals surface area (Å²) in [6.45, 7) is 15.4. The summed E-state index contributed by atoms with van der Waals surface area (Å²) in [7, 11) is 0. The normalized spacial score (nSPS) is 13.4. The average molecular weight is 500 g/mol. The van der Waals surface area contributed by atoms with E-state index in [-0.39, 0.29) is 42.0 Å². The molecule has 8 heteroatoms. The van der Waals surface area contributed by atoms with Crippen molar-refractivity contribution in [3.8, 4) is 0 Å². The molecule has 0 saturated carbocycles. The second kappa shape index (κ2) is 14.3. The predicted molar refractivity (Wildman–Crippen MR) is 123 cm³/mol. The third kappa shape index (κ3) is 15.9. The fraction of sp³-hybridized carbons (Fsp3) is 0.895. The molecule has 1 unspecified atom stereocenters. The van der Waals surface area contributed by atoms with Crippen LogP contribution in [0.3, 0.4) is 0 Å². The lowest BCUT2D eigenvalue weighted by Crippen LogP contribution is -2.49. The van der Waals surface area contributed by atoms with Gasteiger partial charge in [-0.3, -0.25) is 4.99 Å². The highest BCUT2D eigenvalue weighted by Crippen LogP contribution is 2.13. The fourth-order valence-electron chi connectivity index (χ4n) is 2.05. The Morgan fingerprint density at radius 3 is 2.26 bits per heavy atom. The molecule has 7 nitrogen and oxygen atoms in total. The highest BCUT2D eigenvalue weighted by molar-refractivity contribution is 14.0. The lowest BCUT2D eigenvalue weighted by atomic mass is 9.95. The number of ether oxygens (including phenoxy) is 1.